The van der Waals surface area contributed by atoms with Crippen molar-refractivity contribution in [1.29, 1.82) is 0 Å². The summed E-state index contributed by atoms with van der Waals surface area (Å²) in [7, 11) is 0. The summed E-state index contributed by atoms with van der Waals surface area (Å²) in [6, 6.07) is 5.91. The molecule has 0 bridgehead atoms. The fraction of sp³-hybridized carbons (Fsp3) is 0.333. The molecule has 1 aliphatic rings. The molecular weight excluding hydrogens is 328 g/mol. The van der Waals surface area contributed by atoms with E-state index >= 15 is 0 Å². The molecule has 0 aromatic carbocycles. The second-order valence-electron chi connectivity index (χ2n) is 5.66. The average Bonchev–Trinajstić information content (AvgIpc) is 3.17. The van der Waals surface area contributed by atoms with Crippen molar-refractivity contribution in [1.82, 2.24) is 19.3 Å². The molecular formula is C15H16N6O2S. The molecule has 0 N–H and O–H groups in total. The summed E-state index contributed by atoms with van der Waals surface area (Å²) < 4.78 is 1.56. The molecule has 0 unspecified atom stereocenters. The van der Waals surface area contributed by atoms with E-state index in [9.17, 15) is 10.1 Å². The lowest BCUT2D eigenvalue weighted by atomic mass is 10.2. The van der Waals surface area contributed by atoms with Crippen LogP contribution < -0.4 is 4.90 Å². The van der Waals surface area contributed by atoms with Gasteiger partial charge in [0.2, 0.25) is 5.82 Å². The topological polar surface area (TPSA) is 79.8 Å². The smallest absolute Gasteiger partial charge is 0.358 e. The zero-order valence-electron chi connectivity index (χ0n) is 12.9. The zero-order chi connectivity index (χ0) is 16.5. The Labute approximate surface area is 142 Å². The Morgan fingerprint density at radius 3 is 2.79 bits per heavy atom. The van der Waals surface area contributed by atoms with Crippen molar-refractivity contribution >= 4 is 27.9 Å². The molecule has 1 fully saturated rings. The summed E-state index contributed by atoms with van der Waals surface area (Å²) in [4.78, 5) is 24.9. The van der Waals surface area contributed by atoms with Gasteiger partial charge in [0.05, 0.1) is 5.69 Å². The van der Waals surface area contributed by atoms with Crippen LogP contribution in [0, 0.1) is 10.1 Å². The molecule has 4 heterocycles. The first-order valence-corrected chi connectivity index (χ1v) is 8.57. The van der Waals surface area contributed by atoms with E-state index in [2.05, 4.69) is 14.9 Å². The number of hydrogen-bond donors (Lipinski definition) is 0. The Morgan fingerprint density at radius 1 is 1.25 bits per heavy atom. The van der Waals surface area contributed by atoms with Gasteiger partial charge in [-0.15, -0.1) is 0 Å². The van der Waals surface area contributed by atoms with E-state index in [4.69, 9.17) is 0 Å². The van der Waals surface area contributed by atoms with Gasteiger partial charge in [-0.25, -0.2) is 0 Å². The van der Waals surface area contributed by atoms with Crippen molar-refractivity contribution in [3.63, 3.8) is 0 Å². The van der Waals surface area contributed by atoms with E-state index in [0.29, 0.717) is 10.8 Å². The normalized spacial score (nSPS) is 15.9. The number of thiazole rings is 1. The van der Waals surface area contributed by atoms with E-state index in [1.54, 1.807) is 16.8 Å². The van der Waals surface area contributed by atoms with Gasteiger partial charge in [0.25, 0.3) is 4.96 Å². The second kappa shape index (κ2) is 6.17. The molecule has 3 aromatic heterocycles. The first-order chi connectivity index (χ1) is 11.7. The van der Waals surface area contributed by atoms with Gasteiger partial charge in [-0.3, -0.25) is 9.88 Å². The van der Waals surface area contributed by atoms with Crippen LogP contribution in [0.3, 0.4) is 0 Å². The Hall–Kier alpha value is -2.52. The minimum atomic E-state index is -0.345. The Balaban J connectivity index is 1.49. The molecule has 0 aliphatic carbocycles. The van der Waals surface area contributed by atoms with Crippen molar-refractivity contribution < 1.29 is 4.92 Å². The van der Waals surface area contributed by atoms with Gasteiger partial charge in [-0.1, -0.05) is 17.4 Å². The molecule has 0 atom stereocenters. The zero-order valence-corrected chi connectivity index (χ0v) is 13.7. The van der Waals surface area contributed by atoms with E-state index in [1.165, 1.54) is 11.3 Å². The van der Waals surface area contributed by atoms with Gasteiger partial charge in [0.1, 0.15) is 6.20 Å². The van der Waals surface area contributed by atoms with Gasteiger partial charge in [0, 0.05) is 44.3 Å². The predicted octanol–water partition coefficient (Wildman–Crippen LogP) is 2.02. The van der Waals surface area contributed by atoms with Crippen molar-refractivity contribution in [3.8, 4) is 0 Å². The van der Waals surface area contributed by atoms with Crippen LogP contribution in [0.5, 0.6) is 0 Å². The Bertz CT molecular complexity index is 853. The summed E-state index contributed by atoms with van der Waals surface area (Å²) in [6.45, 7) is 3.91. The molecule has 4 rings (SSSR count). The van der Waals surface area contributed by atoms with Gasteiger partial charge in [-0.2, -0.15) is 9.38 Å². The van der Waals surface area contributed by atoms with Crippen molar-refractivity contribution in [3.05, 3.63) is 51.8 Å². The number of hydrogen-bond acceptors (Lipinski definition) is 7. The largest absolute Gasteiger partial charge is 0.373 e. The third-order valence-corrected chi connectivity index (χ3v) is 4.93. The number of piperazine rings is 1. The maximum atomic E-state index is 11.4. The number of imidazole rings is 1. The first-order valence-electron chi connectivity index (χ1n) is 7.69. The highest BCUT2D eigenvalue weighted by molar-refractivity contribution is 7.15. The number of aromatic nitrogens is 3. The highest BCUT2D eigenvalue weighted by atomic mass is 32.1. The first kappa shape index (κ1) is 15.0. The molecule has 0 saturated carbocycles. The molecule has 9 heteroatoms. The van der Waals surface area contributed by atoms with Crippen LogP contribution in [-0.2, 0) is 6.54 Å². The lowest BCUT2D eigenvalue weighted by molar-refractivity contribution is -0.389. The Kier molecular flexibility index (Phi) is 3.87. The summed E-state index contributed by atoms with van der Waals surface area (Å²) in [5.74, 6) is 0.536. The molecule has 8 nitrogen and oxygen atoms in total. The second-order valence-corrected chi connectivity index (χ2v) is 6.53. The van der Waals surface area contributed by atoms with Crippen LogP contribution in [0.25, 0.3) is 4.96 Å². The average molecular weight is 344 g/mol. The number of anilines is 1. The molecule has 0 spiro atoms. The standard InChI is InChI=1S/C15H16N6O2S/c22-21(23)14-13(17-15-20(14)9-10-24-15)19-7-5-18(6-8-19)11-12-3-1-2-4-16-12/h1-4,9-10H,5-8,11H2. The maximum Gasteiger partial charge on any atom is 0.373 e. The number of fused-ring (bicyclic) bond motifs is 1. The van der Waals surface area contributed by atoms with Crippen LogP contribution in [-0.4, -0.2) is 50.4 Å². The SMILES string of the molecule is O=[N+]([O-])c1c(N2CCN(Cc3ccccn3)CC2)nc2sccn12. The summed E-state index contributed by atoms with van der Waals surface area (Å²) >= 11 is 1.41. The summed E-state index contributed by atoms with van der Waals surface area (Å²) in [6.07, 6.45) is 3.50. The molecule has 3 aromatic rings. The van der Waals surface area contributed by atoms with Gasteiger partial charge in [0.15, 0.2) is 0 Å². The van der Waals surface area contributed by atoms with E-state index in [1.807, 2.05) is 28.5 Å². The lowest BCUT2D eigenvalue weighted by Gasteiger charge is -2.34. The molecule has 1 aliphatic heterocycles. The minimum Gasteiger partial charge on any atom is -0.358 e. The molecule has 24 heavy (non-hydrogen) atoms. The quantitative estimate of drug-likeness (QED) is 0.532. The van der Waals surface area contributed by atoms with Crippen LogP contribution in [0.2, 0.25) is 0 Å². The predicted molar refractivity (Wildman–Crippen MR) is 91.5 cm³/mol. The fourth-order valence-corrected chi connectivity index (χ4v) is 3.69. The number of nitrogens with zero attached hydrogens (tertiary/aromatic N) is 6. The highest BCUT2D eigenvalue weighted by Crippen LogP contribution is 2.31. The fourth-order valence-electron chi connectivity index (χ4n) is 2.98. The van der Waals surface area contributed by atoms with E-state index in [0.717, 1.165) is 38.4 Å². The number of nitro groups is 1. The summed E-state index contributed by atoms with van der Waals surface area (Å²) in [5.41, 5.74) is 1.04. The third-order valence-electron chi connectivity index (χ3n) is 4.18. The molecule has 124 valence electrons. The minimum absolute atomic E-state index is 0.0597. The van der Waals surface area contributed by atoms with E-state index in [-0.39, 0.29) is 10.7 Å². The highest BCUT2D eigenvalue weighted by Gasteiger charge is 2.30. The number of pyridine rings is 1. The maximum absolute atomic E-state index is 11.4. The third kappa shape index (κ3) is 2.72. The molecule has 0 radical (unpaired) electrons. The van der Waals surface area contributed by atoms with Crippen LogP contribution >= 0.6 is 11.3 Å². The van der Waals surface area contributed by atoms with Gasteiger partial charge >= 0.3 is 5.82 Å². The Morgan fingerprint density at radius 2 is 2.08 bits per heavy atom. The van der Waals surface area contributed by atoms with Gasteiger partial charge < -0.3 is 15.0 Å². The van der Waals surface area contributed by atoms with Crippen molar-refractivity contribution in [2.45, 2.75) is 6.54 Å². The van der Waals surface area contributed by atoms with Crippen LogP contribution in [0.15, 0.2) is 36.0 Å². The monoisotopic (exact) mass is 344 g/mol. The van der Waals surface area contributed by atoms with E-state index < -0.39 is 0 Å². The van der Waals surface area contributed by atoms with Gasteiger partial charge in [-0.05, 0) is 17.1 Å². The van der Waals surface area contributed by atoms with Crippen LogP contribution in [0.4, 0.5) is 11.6 Å². The molecule has 0 amide bonds. The molecule has 1 saturated heterocycles. The number of rotatable bonds is 4. The lowest BCUT2D eigenvalue weighted by Crippen LogP contribution is -2.46. The van der Waals surface area contributed by atoms with Crippen molar-refractivity contribution in [2.75, 3.05) is 31.1 Å². The van der Waals surface area contributed by atoms with Crippen molar-refractivity contribution in [2.24, 2.45) is 0 Å². The summed E-state index contributed by atoms with van der Waals surface area (Å²) in [5, 5.41) is 13.3. The van der Waals surface area contributed by atoms with Crippen LogP contribution in [0.1, 0.15) is 5.69 Å².